The fourth-order valence-corrected chi connectivity index (χ4v) is 4.52. The highest BCUT2D eigenvalue weighted by Crippen LogP contribution is 2.44. The van der Waals surface area contributed by atoms with E-state index in [0.29, 0.717) is 18.3 Å². The number of rotatable bonds is 3. The Morgan fingerprint density at radius 3 is 2.62 bits per heavy atom. The lowest BCUT2D eigenvalue weighted by Crippen LogP contribution is -2.57. The minimum Gasteiger partial charge on any atom is -0.353 e. The molecule has 0 spiro atoms. The van der Waals surface area contributed by atoms with E-state index in [4.69, 9.17) is 0 Å². The van der Waals surface area contributed by atoms with Crippen molar-refractivity contribution in [3.63, 3.8) is 0 Å². The first kappa shape index (κ1) is 18.7. The van der Waals surface area contributed by atoms with Crippen LogP contribution in [0.3, 0.4) is 0 Å². The number of carbonyl (C=O) groups excluding carboxylic acids is 2. The van der Waals surface area contributed by atoms with E-state index in [1.807, 2.05) is 36.4 Å². The highest BCUT2D eigenvalue weighted by molar-refractivity contribution is 5.91. The first-order chi connectivity index (χ1) is 12.3. The van der Waals surface area contributed by atoms with Crippen molar-refractivity contribution in [1.82, 2.24) is 10.6 Å². The zero-order chi connectivity index (χ0) is 18.7. The summed E-state index contributed by atoms with van der Waals surface area (Å²) in [4.78, 5) is 24.4. The van der Waals surface area contributed by atoms with E-state index in [0.717, 1.165) is 24.8 Å². The van der Waals surface area contributed by atoms with E-state index >= 15 is 0 Å². The van der Waals surface area contributed by atoms with Gasteiger partial charge in [0.15, 0.2) is 0 Å². The topological polar surface area (TPSA) is 58.2 Å². The zero-order valence-corrected chi connectivity index (χ0v) is 16.0. The second kappa shape index (κ2) is 7.65. The van der Waals surface area contributed by atoms with Crippen molar-refractivity contribution in [3.8, 4) is 0 Å². The van der Waals surface area contributed by atoms with Gasteiger partial charge in [-0.25, -0.2) is 0 Å². The Balaban J connectivity index is 1.58. The van der Waals surface area contributed by atoms with Crippen LogP contribution in [0.4, 0.5) is 0 Å². The molecular weight excluding hydrogens is 324 g/mol. The van der Waals surface area contributed by atoms with Gasteiger partial charge in [0, 0.05) is 24.6 Å². The van der Waals surface area contributed by atoms with Crippen LogP contribution in [0.1, 0.15) is 52.0 Å². The molecule has 26 heavy (non-hydrogen) atoms. The molecule has 2 fully saturated rings. The standard InChI is InChI=1S/C22H30N2O2/c1-22(2,3)18-14-21(26)24-19-13-16(10-11-17(18)19)23-20(25)12-9-15-7-5-4-6-8-15/h4-9,12,16-19H,10-11,13-14H2,1-3H3,(H,23,25)(H,24,26)/b12-9-. The van der Waals surface area contributed by atoms with Gasteiger partial charge in [-0.15, -0.1) is 0 Å². The van der Waals surface area contributed by atoms with Crippen LogP contribution in [0.25, 0.3) is 6.08 Å². The van der Waals surface area contributed by atoms with Crippen molar-refractivity contribution < 1.29 is 9.59 Å². The molecule has 1 aliphatic heterocycles. The first-order valence-corrected chi connectivity index (χ1v) is 9.66. The van der Waals surface area contributed by atoms with Crippen molar-refractivity contribution in [2.75, 3.05) is 0 Å². The van der Waals surface area contributed by atoms with Crippen LogP contribution in [-0.2, 0) is 9.59 Å². The summed E-state index contributed by atoms with van der Waals surface area (Å²) in [5.41, 5.74) is 1.15. The van der Waals surface area contributed by atoms with Crippen LogP contribution >= 0.6 is 0 Å². The van der Waals surface area contributed by atoms with E-state index < -0.39 is 0 Å². The highest BCUT2D eigenvalue weighted by atomic mass is 16.2. The Morgan fingerprint density at radius 1 is 1.19 bits per heavy atom. The molecule has 0 aromatic heterocycles. The van der Waals surface area contributed by atoms with Gasteiger partial charge in [-0.3, -0.25) is 9.59 Å². The summed E-state index contributed by atoms with van der Waals surface area (Å²) in [5.74, 6) is 1.02. The van der Waals surface area contributed by atoms with Gasteiger partial charge >= 0.3 is 0 Å². The molecule has 2 aliphatic rings. The summed E-state index contributed by atoms with van der Waals surface area (Å²) in [6, 6.07) is 10.1. The lowest BCUT2D eigenvalue weighted by molar-refractivity contribution is -0.130. The van der Waals surface area contributed by atoms with Crippen molar-refractivity contribution in [2.24, 2.45) is 17.3 Å². The number of hydrogen-bond acceptors (Lipinski definition) is 2. The van der Waals surface area contributed by atoms with Gasteiger partial charge in [0.2, 0.25) is 11.8 Å². The van der Waals surface area contributed by atoms with Crippen molar-refractivity contribution >= 4 is 17.9 Å². The maximum absolute atomic E-state index is 12.2. The van der Waals surface area contributed by atoms with Gasteiger partial charge in [0.1, 0.15) is 0 Å². The van der Waals surface area contributed by atoms with Crippen LogP contribution in [-0.4, -0.2) is 23.9 Å². The van der Waals surface area contributed by atoms with Crippen LogP contribution < -0.4 is 10.6 Å². The van der Waals surface area contributed by atoms with Crippen LogP contribution in [0.5, 0.6) is 0 Å². The Labute approximate surface area is 156 Å². The summed E-state index contributed by atoms with van der Waals surface area (Å²) in [6.07, 6.45) is 6.92. The van der Waals surface area contributed by atoms with Crippen molar-refractivity contribution in [1.29, 1.82) is 0 Å². The maximum Gasteiger partial charge on any atom is 0.244 e. The molecule has 0 radical (unpaired) electrons. The Bertz CT molecular complexity index is 675. The first-order valence-electron chi connectivity index (χ1n) is 9.66. The maximum atomic E-state index is 12.2. The van der Waals surface area contributed by atoms with Gasteiger partial charge < -0.3 is 10.6 Å². The SMILES string of the molecule is CC(C)(C)C1CC(=O)NC2CC(NC(=O)/C=C\c3ccccc3)CCC21. The van der Waals surface area contributed by atoms with Crippen LogP contribution in [0.15, 0.2) is 36.4 Å². The van der Waals surface area contributed by atoms with Crippen LogP contribution in [0.2, 0.25) is 0 Å². The minimum absolute atomic E-state index is 0.0631. The van der Waals surface area contributed by atoms with Crippen molar-refractivity contribution in [3.05, 3.63) is 42.0 Å². The lowest BCUT2D eigenvalue weighted by atomic mass is 9.62. The van der Waals surface area contributed by atoms with Crippen molar-refractivity contribution in [2.45, 2.75) is 58.5 Å². The summed E-state index contributed by atoms with van der Waals surface area (Å²) in [5, 5.41) is 6.29. The molecule has 4 unspecified atom stereocenters. The smallest absolute Gasteiger partial charge is 0.244 e. The third-order valence-corrected chi connectivity index (χ3v) is 5.86. The number of carbonyl (C=O) groups is 2. The molecule has 1 heterocycles. The molecule has 1 aromatic rings. The molecule has 140 valence electrons. The molecule has 1 saturated carbocycles. The molecule has 4 atom stereocenters. The highest BCUT2D eigenvalue weighted by Gasteiger charge is 2.44. The number of benzene rings is 1. The average molecular weight is 354 g/mol. The summed E-state index contributed by atoms with van der Waals surface area (Å²) < 4.78 is 0. The molecule has 4 nitrogen and oxygen atoms in total. The molecule has 1 aromatic carbocycles. The summed E-state index contributed by atoms with van der Waals surface area (Å²) in [6.45, 7) is 6.70. The van der Waals surface area contributed by atoms with Gasteiger partial charge in [-0.2, -0.15) is 0 Å². The fourth-order valence-electron chi connectivity index (χ4n) is 4.52. The van der Waals surface area contributed by atoms with Gasteiger partial charge in [-0.1, -0.05) is 51.1 Å². The third-order valence-electron chi connectivity index (χ3n) is 5.86. The molecule has 1 saturated heterocycles. The summed E-state index contributed by atoms with van der Waals surface area (Å²) in [7, 11) is 0. The van der Waals surface area contributed by atoms with Gasteiger partial charge in [-0.05, 0) is 48.2 Å². The lowest BCUT2D eigenvalue weighted by Gasteiger charge is -2.48. The molecule has 2 N–H and O–H groups in total. The van der Waals surface area contributed by atoms with Gasteiger partial charge in [0.25, 0.3) is 0 Å². The zero-order valence-electron chi connectivity index (χ0n) is 16.0. The molecule has 2 amide bonds. The summed E-state index contributed by atoms with van der Waals surface area (Å²) >= 11 is 0. The number of fused-ring (bicyclic) bond motifs is 1. The molecule has 1 aliphatic carbocycles. The predicted molar refractivity (Wildman–Crippen MR) is 104 cm³/mol. The normalized spacial score (nSPS) is 29.1. The average Bonchev–Trinajstić information content (AvgIpc) is 2.59. The number of nitrogens with one attached hydrogen (secondary N) is 2. The van der Waals surface area contributed by atoms with E-state index in [1.54, 1.807) is 6.08 Å². The number of hydrogen-bond donors (Lipinski definition) is 2. The number of amides is 2. The van der Waals surface area contributed by atoms with E-state index in [1.165, 1.54) is 0 Å². The second-order valence-corrected chi connectivity index (χ2v) is 8.78. The third kappa shape index (κ3) is 4.54. The van der Waals surface area contributed by atoms with E-state index in [9.17, 15) is 9.59 Å². The predicted octanol–water partition coefficient (Wildman–Crippen LogP) is 3.54. The molecule has 3 rings (SSSR count). The largest absolute Gasteiger partial charge is 0.353 e. The number of piperidine rings is 1. The molecule has 0 bridgehead atoms. The Morgan fingerprint density at radius 2 is 1.92 bits per heavy atom. The van der Waals surface area contributed by atoms with Gasteiger partial charge in [0.05, 0.1) is 0 Å². The molecule has 4 heteroatoms. The second-order valence-electron chi connectivity index (χ2n) is 8.78. The monoisotopic (exact) mass is 354 g/mol. The fraction of sp³-hybridized carbons (Fsp3) is 0.545. The molecular formula is C22H30N2O2. The van der Waals surface area contributed by atoms with Crippen LogP contribution in [0, 0.1) is 17.3 Å². The van der Waals surface area contributed by atoms with E-state index in [2.05, 4.69) is 31.4 Å². The van der Waals surface area contributed by atoms with E-state index in [-0.39, 0.29) is 29.3 Å². The Kier molecular flexibility index (Phi) is 5.49. The minimum atomic E-state index is -0.0631. The Hall–Kier alpha value is -2.10. The quantitative estimate of drug-likeness (QED) is 0.816.